The molecule has 0 aliphatic heterocycles. The van der Waals surface area contributed by atoms with Gasteiger partial charge in [-0.15, -0.1) is 11.3 Å². The Morgan fingerprint density at radius 2 is 1.89 bits per heavy atom. The number of thiophene rings is 1. The Morgan fingerprint density at radius 1 is 1.14 bits per heavy atom. The molecule has 2 heterocycles. The lowest BCUT2D eigenvalue weighted by atomic mass is 9.97. The first kappa shape index (κ1) is 25.1. The Morgan fingerprint density at radius 3 is 2.64 bits per heavy atom. The van der Waals surface area contributed by atoms with Crippen molar-refractivity contribution in [3.63, 3.8) is 0 Å². The van der Waals surface area contributed by atoms with Crippen LogP contribution in [0.3, 0.4) is 0 Å². The van der Waals surface area contributed by atoms with Crippen molar-refractivity contribution < 1.29 is 4.79 Å². The molecular weight excluding hydrogens is 510 g/mol. The van der Waals surface area contributed by atoms with Crippen LogP contribution in [0.5, 0.6) is 0 Å². The number of fused-ring (bicyclic) bond motifs is 3. The number of aromatic nitrogens is 2. The van der Waals surface area contributed by atoms with Crippen LogP contribution in [0.1, 0.15) is 42.7 Å². The van der Waals surface area contributed by atoms with E-state index in [0.29, 0.717) is 15.9 Å². The van der Waals surface area contributed by atoms with Crippen LogP contribution < -0.4 is 10.5 Å². The molecule has 0 spiro atoms. The van der Waals surface area contributed by atoms with Gasteiger partial charge in [-0.2, -0.15) is 0 Å². The maximum absolute atomic E-state index is 14.0. The summed E-state index contributed by atoms with van der Waals surface area (Å²) in [5.74, 6) is 0.130. The van der Waals surface area contributed by atoms with Crippen LogP contribution in [0.4, 0.5) is 5.69 Å². The van der Waals surface area contributed by atoms with E-state index in [2.05, 4.69) is 0 Å². The van der Waals surface area contributed by atoms with E-state index in [1.807, 2.05) is 69.3 Å². The molecule has 0 radical (unpaired) electrons. The monoisotopic (exact) mass is 537 g/mol. The van der Waals surface area contributed by atoms with Crippen molar-refractivity contribution in [2.75, 3.05) is 10.7 Å². The number of hydrogen-bond donors (Lipinski definition) is 0. The zero-order valence-corrected chi connectivity index (χ0v) is 23.0. The lowest BCUT2D eigenvalue weighted by Crippen LogP contribution is -2.38. The molecule has 36 heavy (non-hydrogen) atoms. The molecule has 0 N–H and O–H groups in total. The predicted molar refractivity (Wildman–Crippen MR) is 151 cm³/mol. The van der Waals surface area contributed by atoms with Crippen molar-refractivity contribution in [3.05, 3.63) is 79.9 Å². The van der Waals surface area contributed by atoms with Gasteiger partial charge in [0.25, 0.3) is 5.56 Å². The Hall–Kier alpha value is -2.61. The van der Waals surface area contributed by atoms with Crippen LogP contribution in [-0.2, 0) is 17.6 Å². The van der Waals surface area contributed by atoms with Gasteiger partial charge in [-0.25, -0.2) is 4.98 Å². The second-order valence-electron chi connectivity index (χ2n) is 9.29. The van der Waals surface area contributed by atoms with Crippen LogP contribution in [0.2, 0.25) is 5.02 Å². The van der Waals surface area contributed by atoms with E-state index < -0.39 is 0 Å². The number of benzene rings is 2. The Balaban J connectivity index is 1.60. The van der Waals surface area contributed by atoms with E-state index in [4.69, 9.17) is 16.6 Å². The van der Waals surface area contributed by atoms with Gasteiger partial charge in [-0.1, -0.05) is 47.6 Å². The fourth-order valence-corrected chi connectivity index (χ4v) is 7.19. The van der Waals surface area contributed by atoms with Gasteiger partial charge in [0.15, 0.2) is 5.16 Å². The quantitative estimate of drug-likeness (QED) is 0.200. The minimum atomic E-state index is -0.0801. The maximum atomic E-state index is 14.0. The number of carbonyl (C=O) groups excluding carboxylic acids is 1. The molecule has 0 saturated carbocycles. The molecule has 0 fully saturated rings. The summed E-state index contributed by atoms with van der Waals surface area (Å²) in [6.07, 6.45) is 4.13. The fraction of sp³-hybridized carbons (Fsp3) is 0.321. The first-order valence-corrected chi connectivity index (χ1v) is 14.4. The van der Waals surface area contributed by atoms with Gasteiger partial charge in [0.1, 0.15) is 4.83 Å². The molecule has 0 unspecified atom stereocenters. The summed E-state index contributed by atoms with van der Waals surface area (Å²) in [4.78, 5) is 36.2. The van der Waals surface area contributed by atoms with Gasteiger partial charge in [0, 0.05) is 21.6 Å². The molecule has 2 aromatic heterocycles. The second kappa shape index (κ2) is 10.4. The number of nitrogens with zero attached hydrogens (tertiary/aromatic N) is 3. The number of hydrogen-bond acceptors (Lipinski definition) is 5. The average Bonchev–Trinajstić information content (AvgIpc) is 3.24. The molecule has 0 atom stereocenters. The van der Waals surface area contributed by atoms with Crippen LogP contribution in [0.25, 0.3) is 15.9 Å². The lowest BCUT2D eigenvalue weighted by molar-refractivity contribution is -0.116. The Labute approximate surface area is 224 Å². The molecule has 5 rings (SSSR count). The summed E-state index contributed by atoms with van der Waals surface area (Å²) in [6.45, 7) is 5.91. The van der Waals surface area contributed by atoms with Crippen molar-refractivity contribution in [3.8, 4) is 5.69 Å². The number of rotatable bonds is 6. The zero-order chi connectivity index (χ0) is 25.4. The van der Waals surface area contributed by atoms with E-state index in [1.54, 1.807) is 20.8 Å². The highest BCUT2D eigenvalue weighted by Crippen LogP contribution is 2.36. The highest BCUT2D eigenvalue weighted by atomic mass is 35.5. The number of thioether (sulfide) groups is 1. The lowest BCUT2D eigenvalue weighted by Gasteiger charge is -2.27. The summed E-state index contributed by atoms with van der Waals surface area (Å²) >= 11 is 9.38. The number of para-hydroxylation sites is 1. The highest BCUT2D eigenvalue weighted by Gasteiger charge is 2.25. The van der Waals surface area contributed by atoms with Gasteiger partial charge < -0.3 is 4.90 Å². The molecule has 186 valence electrons. The molecule has 8 heteroatoms. The molecule has 0 saturated heterocycles. The zero-order valence-electron chi connectivity index (χ0n) is 20.6. The number of amides is 1. The summed E-state index contributed by atoms with van der Waals surface area (Å²) in [6, 6.07) is 15.2. The second-order valence-corrected chi connectivity index (χ2v) is 11.7. The van der Waals surface area contributed by atoms with E-state index in [0.717, 1.165) is 52.7 Å². The van der Waals surface area contributed by atoms with Gasteiger partial charge in [0.05, 0.1) is 16.8 Å². The summed E-state index contributed by atoms with van der Waals surface area (Å²) in [5.41, 5.74) is 3.44. The van der Waals surface area contributed by atoms with Crippen LogP contribution in [0, 0.1) is 6.92 Å². The average molecular weight is 538 g/mol. The molecule has 1 amide bonds. The molecule has 2 aromatic carbocycles. The van der Waals surface area contributed by atoms with Gasteiger partial charge >= 0.3 is 0 Å². The van der Waals surface area contributed by atoms with E-state index >= 15 is 0 Å². The highest BCUT2D eigenvalue weighted by molar-refractivity contribution is 7.99. The molecule has 1 aliphatic rings. The van der Waals surface area contributed by atoms with Gasteiger partial charge in [-0.05, 0) is 81.8 Å². The van der Waals surface area contributed by atoms with Crippen LogP contribution >= 0.6 is 34.7 Å². The summed E-state index contributed by atoms with van der Waals surface area (Å²) in [7, 11) is 0. The van der Waals surface area contributed by atoms with Crippen LogP contribution in [0.15, 0.2) is 58.5 Å². The SMILES string of the molecule is Cc1c(Cl)cccc1-n1c(SCC(=O)N(c2ccccc2)C(C)C)nc2sc3c(c2c1=O)CCCC3. The minimum absolute atomic E-state index is 0.00247. The van der Waals surface area contributed by atoms with Crippen molar-refractivity contribution in [1.82, 2.24) is 9.55 Å². The molecule has 0 bridgehead atoms. The van der Waals surface area contributed by atoms with E-state index in [-0.39, 0.29) is 23.3 Å². The molecule has 1 aliphatic carbocycles. The topological polar surface area (TPSA) is 55.2 Å². The summed E-state index contributed by atoms with van der Waals surface area (Å²) in [5, 5.41) is 1.83. The largest absolute Gasteiger partial charge is 0.309 e. The van der Waals surface area contributed by atoms with Gasteiger partial charge in [0.2, 0.25) is 5.91 Å². The molecular formula is C28H28ClN3O2S2. The van der Waals surface area contributed by atoms with E-state index in [1.165, 1.54) is 16.6 Å². The van der Waals surface area contributed by atoms with Crippen molar-refractivity contribution >= 4 is 56.5 Å². The number of carbonyl (C=O) groups is 1. The number of halogens is 1. The van der Waals surface area contributed by atoms with Gasteiger partial charge in [-0.3, -0.25) is 14.2 Å². The third-order valence-corrected chi connectivity index (χ3v) is 9.10. The van der Waals surface area contributed by atoms with Crippen molar-refractivity contribution in [2.24, 2.45) is 0 Å². The minimum Gasteiger partial charge on any atom is -0.309 e. The predicted octanol–water partition coefficient (Wildman–Crippen LogP) is 6.82. The fourth-order valence-electron chi connectivity index (χ4n) is 4.85. The van der Waals surface area contributed by atoms with Crippen LogP contribution in [-0.4, -0.2) is 27.3 Å². The third-order valence-electron chi connectivity index (χ3n) is 6.58. The standard InChI is InChI=1S/C28H28ClN3O2S2/c1-17(2)31(19-10-5-4-6-11-19)24(33)16-35-28-30-26-25(20-12-7-8-15-23(20)36-26)27(34)32(28)22-14-9-13-21(29)18(22)3/h4-6,9-11,13-14,17H,7-8,12,15-16H2,1-3H3. The Bertz CT molecular complexity index is 1490. The normalized spacial score (nSPS) is 13.2. The smallest absolute Gasteiger partial charge is 0.267 e. The number of anilines is 1. The molecule has 5 nitrogen and oxygen atoms in total. The molecule has 4 aromatic rings. The summed E-state index contributed by atoms with van der Waals surface area (Å²) < 4.78 is 1.66. The first-order chi connectivity index (χ1) is 17.4. The number of aryl methyl sites for hydroxylation is 2. The third kappa shape index (κ3) is 4.60. The van der Waals surface area contributed by atoms with E-state index in [9.17, 15) is 9.59 Å². The van der Waals surface area contributed by atoms with Crippen molar-refractivity contribution in [1.29, 1.82) is 0 Å². The van der Waals surface area contributed by atoms with Crippen molar-refractivity contribution in [2.45, 2.75) is 57.7 Å². The Kier molecular flexibility index (Phi) is 7.24. The first-order valence-electron chi connectivity index (χ1n) is 12.2. The maximum Gasteiger partial charge on any atom is 0.267 e.